The highest BCUT2D eigenvalue weighted by Crippen LogP contribution is 2.30. The molecule has 0 fully saturated rings. The Morgan fingerprint density at radius 1 is 1.14 bits per heavy atom. The zero-order valence-corrected chi connectivity index (χ0v) is 8.49. The minimum atomic E-state index is 0.398. The molecule has 0 N–H and O–H groups in total. The average molecular weight is 219 g/mol. The maximum atomic E-state index is 8.79. The predicted octanol–water partition coefficient (Wildman–Crippen LogP) is 3.30. The molecule has 0 radical (unpaired) electrons. The Kier molecular flexibility index (Phi) is 2.13. The van der Waals surface area contributed by atoms with Crippen LogP contribution in [0.4, 0.5) is 0 Å². The Morgan fingerprint density at radius 2 is 1.86 bits per heavy atom. The number of nitriles is 2. The van der Waals surface area contributed by atoms with Crippen molar-refractivity contribution in [2.45, 2.75) is 0 Å². The van der Waals surface area contributed by atoms with Crippen molar-refractivity contribution in [1.82, 2.24) is 0 Å². The summed E-state index contributed by atoms with van der Waals surface area (Å²) in [5.74, 6) is 0. The van der Waals surface area contributed by atoms with E-state index in [1.807, 2.05) is 6.07 Å². The fourth-order valence-electron chi connectivity index (χ4n) is 1.22. The van der Waals surface area contributed by atoms with Gasteiger partial charge in [-0.3, -0.25) is 0 Å². The van der Waals surface area contributed by atoms with Crippen LogP contribution in [0.15, 0.2) is 17.5 Å². The average Bonchev–Trinajstić information content (AvgIpc) is 2.58. The third-order valence-electron chi connectivity index (χ3n) is 1.90. The van der Waals surface area contributed by atoms with E-state index in [9.17, 15) is 0 Å². The van der Waals surface area contributed by atoms with Gasteiger partial charge in [0.2, 0.25) is 0 Å². The number of hydrogen-bond donors (Lipinski definition) is 0. The van der Waals surface area contributed by atoms with Crippen LogP contribution in [0.1, 0.15) is 11.1 Å². The zero-order valence-electron chi connectivity index (χ0n) is 6.91. The van der Waals surface area contributed by atoms with E-state index in [-0.39, 0.29) is 0 Å². The Bertz CT molecular complexity index is 586. The maximum Gasteiger partial charge on any atom is 0.101 e. The predicted molar refractivity (Wildman–Crippen MR) is 56.3 cm³/mol. The summed E-state index contributed by atoms with van der Waals surface area (Å²) in [6.07, 6.45) is 0. The third kappa shape index (κ3) is 1.24. The number of thiophene rings is 1. The summed E-state index contributed by atoms with van der Waals surface area (Å²) in [6, 6.07) is 7.47. The second-order valence-corrected chi connectivity index (χ2v) is 4.02. The van der Waals surface area contributed by atoms with Crippen LogP contribution in [-0.2, 0) is 0 Å². The molecule has 0 amide bonds. The number of rotatable bonds is 0. The minimum absolute atomic E-state index is 0.398. The lowest BCUT2D eigenvalue weighted by atomic mass is 10.1. The molecule has 0 unspecified atom stereocenters. The summed E-state index contributed by atoms with van der Waals surface area (Å²) < 4.78 is 0.919. The van der Waals surface area contributed by atoms with E-state index in [1.54, 1.807) is 17.5 Å². The van der Waals surface area contributed by atoms with Gasteiger partial charge in [0.15, 0.2) is 0 Å². The second kappa shape index (κ2) is 3.31. The summed E-state index contributed by atoms with van der Waals surface area (Å²) in [6.45, 7) is 0. The van der Waals surface area contributed by atoms with Gasteiger partial charge in [-0.2, -0.15) is 10.5 Å². The lowest BCUT2D eigenvalue weighted by Gasteiger charge is -1.95. The number of halogens is 1. The second-order valence-electron chi connectivity index (χ2n) is 2.70. The van der Waals surface area contributed by atoms with E-state index in [0.29, 0.717) is 16.1 Å². The van der Waals surface area contributed by atoms with Crippen molar-refractivity contribution in [2.24, 2.45) is 0 Å². The highest BCUT2D eigenvalue weighted by atomic mass is 35.5. The SMILES string of the molecule is N#Cc1cc2scc(C#N)c2cc1Cl. The molecule has 2 aromatic rings. The normalized spacial score (nSPS) is 9.64. The van der Waals surface area contributed by atoms with Crippen LogP contribution in [0.25, 0.3) is 10.1 Å². The van der Waals surface area contributed by atoms with Gasteiger partial charge >= 0.3 is 0 Å². The first-order chi connectivity index (χ1) is 6.76. The Hall–Kier alpha value is -1.55. The van der Waals surface area contributed by atoms with Crippen LogP contribution in [0.3, 0.4) is 0 Å². The molecular formula is C10H3ClN2S. The quantitative estimate of drug-likeness (QED) is 0.681. The molecule has 0 bridgehead atoms. The largest absolute Gasteiger partial charge is 0.192 e. The summed E-state index contributed by atoms with van der Waals surface area (Å²) in [7, 11) is 0. The molecule has 0 saturated heterocycles. The molecular weight excluding hydrogens is 216 g/mol. The van der Waals surface area contributed by atoms with E-state index in [1.165, 1.54) is 11.3 Å². The molecule has 0 spiro atoms. The summed E-state index contributed by atoms with van der Waals surface area (Å²) in [5, 5.41) is 20.5. The minimum Gasteiger partial charge on any atom is -0.192 e. The molecule has 2 nitrogen and oxygen atoms in total. The van der Waals surface area contributed by atoms with Gasteiger partial charge in [-0.1, -0.05) is 11.6 Å². The topological polar surface area (TPSA) is 47.6 Å². The molecule has 0 saturated carbocycles. The highest BCUT2D eigenvalue weighted by molar-refractivity contribution is 7.17. The smallest absolute Gasteiger partial charge is 0.101 e. The molecule has 1 aromatic heterocycles. The van der Waals surface area contributed by atoms with Gasteiger partial charge in [0.05, 0.1) is 16.1 Å². The van der Waals surface area contributed by atoms with Gasteiger partial charge in [-0.15, -0.1) is 11.3 Å². The van der Waals surface area contributed by atoms with Crippen LogP contribution in [0.5, 0.6) is 0 Å². The summed E-state index contributed by atoms with van der Waals surface area (Å²) in [4.78, 5) is 0. The van der Waals surface area contributed by atoms with E-state index < -0.39 is 0 Å². The van der Waals surface area contributed by atoms with Crippen molar-refractivity contribution < 1.29 is 0 Å². The maximum absolute atomic E-state index is 8.79. The molecule has 0 aliphatic rings. The van der Waals surface area contributed by atoms with Crippen LogP contribution in [-0.4, -0.2) is 0 Å². The molecule has 66 valence electrons. The Morgan fingerprint density at radius 3 is 2.50 bits per heavy atom. The van der Waals surface area contributed by atoms with Crippen molar-refractivity contribution in [1.29, 1.82) is 10.5 Å². The van der Waals surface area contributed by atoms with Gasteiger partial charge in [0.25, 0.3) is 0 Å². The van der Waals surface area contributed by atoms with Crippen molar-refractivity contribution in [3.8, 4) is 12.1 Å². The monoisotopic (exact) mass is 218 g/mol. The van der Waals surface area contributed by atoms with Gasteiger partial charge in [-0.05, 0) is 12.1 Å². The number of hydrogen-bond acceptors (Lipinski definition) is 3. The van der Waals surface area contributed by atoms with E-state index in [2.05, 4.69) is 6.07 Å². The van der Waals surface area contributed by atoms with Crippen molar-refractivity contribution in [2.75, 3.05) is 0 Å². The van der Waals surface area contributed by atoms with Gasteiger partial charge in [-0.25, -0.2) is 0 Å². The van der Waals surface area contributed by atoms with Crippen LogP contribution < -0.4 is 0 Å². The van der Waals surface area contributed by atoms with Crippen molar-refractivity contribution in [3.05, 3.63) is 33.7 Å². The van der Waals surface area contributed by atoms with E-state index in [4.69, 9.17) is 22.1 Å². The van der Waals surface area contributed by atoms with Crippen LogP contribution >= 0.6 is 22.9 Å². The molecule has 0 aliphatic heterocycles. The molecule has 0 aliphatic carbocycles. The molecule has 0 atom stereocenters. The Labute approximate surface area is 89.6 Å². The highest BCUT2D eigenvalue weighted by Gasteiger charge is 2.07. The van der Waals surface area contributed by atoms with Gasteiger partial charge in [0, 0.05) is 15.5 Å². The van der Waals surface area contributed by atoms with Gasteiger partial charge in [0.1, 0.15) is 12.1 Å². The zero-order chi connectivity index (χ0) is 10.1. The first kappa shape index (κ1) is 9.02. The molecule has 1 heterocycles. The van der Waals surface area contributed by atoms with Crippen LogP contribution in [0, 0.1) is 22.7 Å². The summed E-state index contributed by atoms with van der Waals surface area (Å²) in [5.41, 5.74) is 1.06. The Balaban J connectivity index is 2.85. The number of benzene rings is 1. The lowest BCUT2D eigenvalue weighted by molar-refractivity contribution is 1.50. The van der Waals surface area contributed by atoms with Gasteiger partial charge < -0.3 is 0 Å². The molecule has 1 aromatic carbocycles. The fourth-order valence-corrected chi connectivity index (χ4v) is 2.33. The fraction of sp³-hybridized carbons (Fsp3) is 0. The standard InChI is InChI=1S/C10H3ClN2S/c11-9-2-8-7(4-13)5-14-10(8)1-6(9)3-12/h1-2,5H. The van der Waals surface area contributed by atoms with Crippen molar-refractivity contribution >= 4 is 33.0 Å². The van der Waals surface area contributed by atoms with Crippen molar-refractivity contribution in [3.63, 3.8) is 0 Å². The number of fused-ring (bicyclic) bond motifs is 1. The molecule has 2 rings (SSSR count). The number of nitrogens with zero attached hydrogens (tertiary/aromatic N) is 2. The first-order valence-corrected chi connectivity index (χ1v) is 5.03. The lowest BCUT2D eigenvalue weighted by Crippen LogP contribution is -1.77. The molecule has 14 heavy (non-hydrogen) atoms. The van der Waals surface area contributed by atoms with E-state index >= 15 is 0 Å². The third-order valence-corrected chi connectivity index (χ3v) is 3.16. The van der Waals surface area contributed by atoms with E-state index in [0.717, 1.165) is 10.1 Å². The molecule has 4 heteroatoms. The van der Waals surface area contributed by atoms with Crippen LogP contribution in [0.2, 0.25) is 5.02 Å². The first-order valence-electron chi connectivity index (χ1n) is 3.77. The summed E-state index contributed by atoms with van der Waals surface area (Å²) >= 11 is 7.31.